The van der Waals surface area contributed by atoms with E-state index in [1.165, 1.54) is 43.0 Å². The molecule has 6 nitrogen and oxygen atoms in total. The van der Waals surface area contributed by atoms with E-state index in [4.69, 9.17) is 0 Å². The molecule has 3 aromatic rings. The smallest absolute Gasteiger partial charge is 0.225 e. The Balaban J connectivity index is 1.26. The van der Waals surface area contributed by atoms with Crippen molar-refractivity contribution in [1.29, 1.82) is 0 Å². The van der Waals surface area contributed by atoms with Gasteiger partial charge in [-0.05, 0) is 106 Å². The Hall–Kier alpha value is -2.64. The van der Waals surface area contributed by atoms with Crippen LogP contribution in [0.5, 0.6) is 0 Å². The summed E-state index contributed by atoms with van der Waals surface area (Å²) in [7, 11) is 3.73. The van der Waals surface area contributed by atoms with E-state index < -0.39 is 0 Å². The van der Waals surface area contributed by atoms with Gasteiger partial charge in [0.05, 0.1) is 5.69 Å². The number of thiophene rings is 1. The van der Waals surface area contributed by atoms with Crippen molar-refractivity contribution in [3.63, 3.8) is 0 Å². The van der Waals surface area contributed by atoms with Crippen molar-refractivity contribution >= 4 is 33.4 Å². The summed E-state index contributed by atoms with van der Waals surface area (Å²) in [6.07, 6.45) is 6.10. The number of H-pyrrole nitrogens is 1. The second-order valence-electron chi connectivity index (χ2n) is 13.9. The van der Waals surface area contributed by atoms with Gasteiger partial charge in [0.25, 0.3) is 0 Å². The number of likely N-dealkylation sites (tertiary alicyclic amines) is 1. The second kappa shape index (κ2) is 10.9. The molecular formula is C34H46N4O2S. The summed E-state index contributed by atoms with van der Waals surface area (Å²) >= 11 is 1.90. The van der Waals surface area contributed by atoms with Crippen LogP contribution >= 0.6 is 11.3 Å². The number of nitrogens with zero attached hydrogens (tertiary/aromatic N) is 2. The highest BCUT2D eigenvalue weighted by Crippen LogP contribution is 2.47. The molecule has 2 bridgehead atoms. The molecule has 3 fully saturated rings. The van der Waals surface area contributed by atoms with Gasteiger partial charge in [0.2, 0.25) is 11.8 Å². The van der Waals surface area contributed by atoms with E-state index in [1.807, 2.05) is 25.4 Å². The van der Waals surface area contributed by atoms with Gasteiger partial charge in [-0.2, -0.15) is 0 Å². The topological polar surface area (TPSA) is 68.4 Å². The Kier molecular flexibility index (Phi) is 7.56. The van der Waals surface area contributed by atoms with Crippen LogP contribution in [0.1, 0.15) is 67.5 Å². The quantitative estimate of drug-likeness (QED) is 0.344. The number of hydrogen-bond acceptors (Lipinski definition) is 4. The molecule has 0 spiro atoms. The maximum Gasteiger partial charge on any atom is 0.225 e. The minimum Gasteiger partial charge on any atom is -0.353 e. The van der Waals surface area contributed by atoms with Crippen molar-refractivity contribution < 1.29 is 9.59 Å². The third kappa shape index (κ3) is 5.48. The zero-order valence-electron chi connectivity index (χ0n) is 25.6. The number of piperidine rings is 2. The van der Waals surface area contributed by atoms with Gasteiger partial charge in [-0.3, -0.25) is 9.59 Å². The summed E-state index contributed by atoms with van der Waals surface area (Å²) in [6, 6.07) is 9.65. The number of benzene rings is 1. The predicted molar refractivity (Wildman–Crippen MR) is 168 cm³/mol. The molecule has 2 aromatic heterocycles. The highest BCUT2D eigenvalue weighted by Gasteiger charge is 2.49. The van der Waals surface area contributed by atoms with Crippen LogP contribution in [0.4, 0.5) is 0 Å². The second-order valence-corrected chi connectivity index (χ2v) is 14.9. The maximum atomic E-state index is 12.5. The number of fused-ring (bicyclic) bond motifs is 3. The number of carbonyl (C=O) groups excluding carboxylic acids is 2. The van der Waals surface area contributed by atoms with E-state index in [0.717, 1.165) is 58.2 Å². The van der Waals surface area contributed by atoms with Crippen molar-refractivity contribution in [1.82, 2.24) is 20.1 Å². The molecule has 2 aliphatic heterocycles. The van der Waals surface area contributed by atoms with Gasteiger partial charge in [-0.25, -0.2) is 0 Å². The molecule has 2 amide bonds. The summed E-state index contributed by atoms with van der Waals surface area (Å²) < 4.78 is 0. The summed E-state index contributed by atoms with van der Waals surface area (Å²) in [5.74, 6) is 1.36. The van der Waals surface area contributed by atoms with Crippen LogP contribution < -0.4 is 5.32 Å². The molecule has 3 atom stereocenters. The summed E-state index contributed by atoms with van der Waals surface area (Å²) in [4.78, 5) is 35.7. The monoisotopic (exact) mass is 574 g/mol. The predicted octanol–water partition coefficient (Wildman–Crippen LogP) is 6.05. The number of aromatic amines is 1. The number of nitrogens with one attached hydrogen (secondary N) is 2. The summed E-state index contributed by atoms with van der Waals surface area (Å²) in [5.41, 5.74) is 6.52. The van der Waals surface area contributed by atoms with Gasteiger partial charge in [0, 0.05) is 48.8 Å². The average molecular weight is 575 g/mol. The molecule has 1 saturated carbocycles. The number of aromatic nitrogens is 1. The number of hydrogen-bond donors (Lipinski definition) is 2. The first kappa shape index (κ1) is 28.5. The first-order valence-electron chi connectivity index (χ1n) is 15.5. The Morgan fingerprint density at radius 3 is 2.37 bits per heavy atom. The summed E-state index contributed by atoms with van der Waals surface area (Å²) in [5, 5.41) is 4.59. The Bertz CT molecular complexity index is 1440. The van der Waals surface area contributed by atoms with Crippen LogP contribution in [-0.4, -0.2) is 66.4 Å². The molecule has 4 heterocycles. The fraction of sp³-hybridized carbons (Fsp3) is 0.588. The number of rotatable bonds is 8. The van der Waals surface area contributed by atoms with Crippen LogP contribution in [-0.2, 0) is 21.4 Å². The SMILES string of the molecule is Cc1cc(C)cc(-c2[nH]c3sc(C(C)(C)CC4C5CCC4C(=O)N5)cc3c2CCN2CCC(C(=O)N(C)C)CC2)c1. The normalized spacial score (nSPS) is 23.5. The number of aryl methyl sites for hydroxylation is 2. The Morgan fingerprint density at radius 2 is 1.76 bits per heavy atom. The van der Waals surface area contributed by atoms with E-state index in [9.17, 15) is 9.59 Å². The largest absolute Gasteiger partial charge is 0.353 e. The molecule has 7 heteroatoms. The third-order valence-corrected chi connectivity index (χ3v) is 11.5. The Labute approximate surface area is 248 Å². The lowest BCUT2D eigenvalue weighted by molar-refractivity contribution is -0.134. The Morgan fingerprint density at radius 1 is 1.05 bits per heavy atom. The molecule has 2 saturated heterocycles. The molecule has 2 N–H and O–H groups in total. The number of carbonyl (C=O) groups is 2. The van der Waals surface area contributed by atoms with Gasteiger partial charge in [0.1, 0.15) is 4.83 Å². The molecule has 3 aliphatic rings. The lowest BCUT2D eigenvalue weighted by atomic mass is 9.78. The molecule has 41 heavy (non-hydrogen) atoms. The van der Waals surface area contributed by atoms with Crippen LogP contribution in [0.15, 0.2) is 24.3 Å². The molecule has 1 aliphatic carbocycles. The van der Waals surface area contributed by atoms with E-state index >= 15 is 0 Å². The van der Waals surface area contributed by atoms with Crippen molar-refractivity contribution in [3.8, 4) is 11.3 Å². The highest BCUT2D eigenvalue weighted by molar-refractivity contribution is 7.18. The van der Waals surface area contributed by atoms with Crippen molar-refractivity contribution in [2.75, 3.05) is 33.7 Å². The molecule has 220 valence electrons. The van der Waals surface area contributed by atoms with Gasteiger partial charge in [0.15, 0.2) is 0 Å². The van der Waals surface area contributed by atoms with Crippen LogP contribution in [0.3, 0.4) is 0 Å². The van der Waals surface area contributed by atoms with Crippen molar-refractivity contribution in [2.45, 2.75) is 77.7 Å². The average Bonchev–Trinajstić information content (AvgIpc) is 3.66. The van der Waals surface area contributed by atoms with Crippen LogP contribution in [0, 0.1) is 31.6 Å². The van der Waals surface area contributed by atoms with E-state index in [1.54, 1.807) is 4.90 Å². The first-order valence-corrected chi connectivity index (χ1v) is 16.3. The van der Waals surface area contributed by atoms with Crippen LogP contribution in [0.25, 0.3) is 21.5 Å². The fourth-order valence-corrected chi connectivity index (χ4v) is 9.07. The first-order chi connectivity index (χ1) is 19.5. The number of amides is 2. The minimum atomic E-state index is 0.0144. The maximum absolute atomic E-state index is 12.5. The third-order valence-electron chi connectivity index (χ3n) is 10.1. The zero-order valence-corrected chi connectivity index (χ0v) is 26.4. The van der Waals surface area contributed by atoms with E-state index in [-0.39, 0.29) is 29.1 Å². The van der Waals surface area contributed by atoms with Gasteiger partial charge in [-0.1, -0.05) is 31.0 Å². The molecule has 3 unspecified atom stereocenters. The lowest BCUT2D eigenvalue weighted by Crippen LogP contribution is -2.40. The highest BCUT2D eigenvalue weighted by atomic mass is 32.1. The minimum absolute atomic E-state index is 0.0144. The van der Waals surface area contributed by atoms with Gasteiger partial charge >= 0.3 is 0 Å². The van der Waals surface area contributed by atoms with Crippen LogP contribution in [0.2, 0.25) is 0 Å². The molecular weight excluding hydrogens is 528 g/mol. The van der Waals surface area contributed by atoms with Crippen molar-refractivity contribution in [3.05, 3.63) is 45.8 Å². The molecule has 0 radical (unpaired) electrons. The van der Waals surface area contributed by atoms with E-state index in [2.05, 4.69) is 67.2 Å². The standard InChI is InChI=1S/C34H46N4O2S/c1-20-15-21(2)17-23(16-20)30-24(11-14-38-12-9-22(10-13-38)33(40)37(5)6)26-18-29(41-32(26)36-30)34(3,4)19-27-25-7-8-28(27)35-31(25)39/h15-18,22,25,27-28,36H,7-14,19H2,1-6H3,(H,35,39). The summed E-state index contributed by atoms with van der Waals surface area (Å²) in [6.45, 7) is 12.0. The van der Waals surface area contributed by atoms with E-state index in [0.29, 0.717) is 12.0 Å². The lowest BCUT2D eigenvalue weighted by Gasteiger charge is -2.32. The van der Waals surface area contributed by atoms with Crippen molar-refractivity contribution in [2.24, 2.45) is 17.8 Å². The molecule has 6 rings (SSSR count). The van der Waals surface area contributed by atoms with Gasteiger partial charge in [-0.15, -0.1) is 11.3 Å². The molecule has 1 aromatic carbocycles. The fourth-order valence-electron chi connectivity index (χ4n) is 7.87. The zero-order chi connectivity index (χ0) is 29.1. The van der Waals surface area contributed by atoms with Gasteiger partial charge < -0.3 is 20.1 Å².